The average molecular weight is 282 g/mol. The molecule has 0 aliphatic rings. The van der Waals surface area contributed by atoms with E-state index in [1.54, 1.807) is 24.3 Å². The number of nitrogen functional groups attached to an aromatic ring is 1. The fourth-order valence-electron chi connectivity index (χ4n) is 1.67. The maximum absolute atomic E-state index is 8.78. The van der Waals surface area contributed by atoms with E-state index in [0.717, 1.165) is 5.69 Å². The highest BCUT2D eigenvalue weighted by Gasteiger charge is 2.15. The molecule has 1 aromatic carbocycles. The Morgan fingerprint density at radius 2 is 1.81 bits per heavy atom. The lowest BCUT2D eigenvalue weighted by Gasteiger charge is -2.21. The molecule has 5 heteroatoms. The van der Waals surface area contributed by atoms with Crippen molar-refractivity contribution < 1.29 is 4.74 Å². The molecule has 0 fully saturated rings. The van der Waals surface area contributed by atoms with Gasteiger partial charge in [-0.1, -0.05) is 0 Å². The second kappa shape index (κ2) is 5.71. The van der Waals surface area contributed by atoms with Crippen molar-refractivity contribution in [2.45, 2.75) is 26.4 Å². The lowest BCUT2D eigenvalue weighted by Crippen LogP contribution is -2.24. The molecule has 0 saturated carbocycles. The third kappa shape index (κ3) is 4.11. The van der Waals surface area contributed by atoms with Crippen molar-refractivity contribution >= 4 is 17.2 Å². The first-order valence-electron chi connectivity index (χ1n) is 6.60. The number of benzene rings is 1. The Hall–Kier alpha value is -2.74. The summed E-state index contributed by atoms with van der Waals surface area (Å²) >= 11 is 0. The van der Waals surface area contributed by atoms with E-state index in [-0.39, 0.29) is 5.60 Å². The Balaban J connectivity index is 2.20. The molecule has 0 aliphatic carbocycles. The molecule has 5 nitrogen and oxygen atoms in total. The van der Waals surface area contributed by atoms with Gasteiger partial charge >= 0.3 is 0 Å². The Labute approximate surface area is 124 Å². The topological polar surface area (TPSA) is 84.0 Å². The summed E-state index contributed by atoms with van der Waals surface area (Å²) in [5.74, 6) is 1.04. The van der Waals surface area contributed by atoms with Crippen LogP contribution in [0.2, 0.25) is 0 Å². The van der Waals surface area contributed by atoms with Gasteiger partial charge in [0, 0.05) is 5.69 Å². The van der Waals surface area contributed by atoms with Crippen LogP contribution in [0.1, 0.15) is 26.3 Å². The zero-order valence-corrected chi connectivity index (χ0v) is 12.3. The van der Waals surface area contributed by atoms with E-state index in [1.165, 1.54) is 0 Å². The van der Waals surface area contributed by atoms with E-state index in [9.17, 15) is 0 Å². The van der Waals surface area contributed by atoms with E-state index in [1.807, 2.05) is 32.9 Å². The van der Waals surface area contributed by atoms with Crippen LogP contribution in [0.4, 0.5) is 17.2 Å². The predicted octanol–water partition coefficient (Wildman–Crippen LogP) is 3.46. The van der Waals surface area contributed by atoms with Crippen molar-refractivity contribution in [3.63, 3.8) is 0 Å². The molecule has 108 valence electrons. The summed E-state index contributed by atoms with van der Waals surface area (Å²) in [6.07, 6.45) is 0. The van der Waals surface area contributed by atoms with Crippen LogP contribution in [0.5, 0.6) is 5.88 Å². The van der Waals surface area contributed by atoms with Crippen LogP contribution in [-0.4, -0.2) is 10.6 Å². The molecule has 0 spiro atoms. The highest BCUT2D eigenvalue weighted by atomic mass is 16.5. The molecule has 0 bridgehead atoms. The third-order valence-electron chi connectivity index (χ3n) is 2.58. The van der Waals surface area contributed by atoms with Crippen LogP contribution >= 0.6 is 0 Å². The summed E-state index contributed by atoms with van der Waals surface area (Å²) in [6, 6.07) is 12.7. The molecule has 3 N–H and O–H groups in total. The SMILES string of the molecule is CC(C)(C)Oc1nc(Nc2ccc(C#N)cc2)ccc1N. The number of rotatable bonds is 3. The average Bonchev–Trinajstić information content (AvgIpc) is 2.42. The van der Waals surface area contributed by atoms with Gasteiger partial charge in [0.15, 0.2) is 0 Å². The molecule has 0 aliphatic heterocycles. The minimum Gasteiger partial charge on any atom is -0.470 e. The summed E-state index contributed by atoms with van der Waals surface area (Å²) in [7, 11) is 0. The minimum atomic E-state index is -0.367. The van der Waals surface area contributed by atoms with Crippen molar-refractivity contribution in [1.29, 1.82) is 5.26 Å². The molecular weight excluding hydrogens is 264 g/mol. The van der Waals surface area contributed by atoms with Gasteiger partial charge < -0.3 is 15.8 Å². The first-order chi connectivity index (χ1) is 9.87. The van der Waals surface area contributed by atoms with Gasteiger partial charge in [-0.2, -0.15) is 10.2 Å². The van der Waals surface area contributed by atoms with E-state index in [0.29, 0.717) is 22.9 Å². The monoisotopic (exact) mass is 282 g/mol. The van der Waals surface area contributed by atoms with Crippen LogP contribution in [0.15, 0.2) is 36.4 Å². The molecule has 21 heavy (non-hydrogen) atoms. The lowest BCUT2D eigenvalue weighted by atomic mass is 10.2. The molecule has 0 radical (unpaired) electrons. The van der Waals surface area contributed by atoms with Gasteiger partial charge in [-0.25, -0.2) is 0 Å². The fourth-order valence-corrected chi connectivity index (χ4v) is 1.67. The lowest BCUT2D eigenvalue weighted by molar-refractivity contribution is 0.125. The van der Waals surface area contributed by atoms with Crippen LogP contribution in [-0.2, 0) is 0 Å². The normalized spacial score (nSPS) is 10.8. The molecule has 2 rings (SSSR count). The standard InChI is InChI=1S/C16H18N4O/c1-16(2,3)21-15-13(18)8-9-14(20-15)19-12-6-4-11(10-17)5-7-12/h4-9H,18H2,1-3H3,(H,19,20). The maximum Gasteiger partial charge on any atom is 0.239 e. The van der Waals surface area contributed by atoms with Crippen molar-refractivity contribution in [3.05, 3.63) is 42.0 Å². The number of aromatic nitrogens is 1. The van der Waals surface area contributed by atoms with Gasteiger partial charge in [-0.3, -0.25) is 0 Å². The Bertz CT molecular complexity index is 666. The van der Waals surface area contributed by atoms with E-state index >= 15 is 0 Å². The summed E-state index contributed by atoms with van der Waals surface area (Å²) in [5, 5.41) is 11.9. The second-order valence-corrected chi connectivity index (χ2v) is 5.62. The number of anilines is 3. The number of nitriles is 1. The smallest absolute Gasteiger partial charge is 0.239 e. The minimum absolute atomic E-state index is 0.367. The molecule has 0 saturated heterocycles. The molecule has 2 aromatic rings. The summed E-state index contributed by atoms with van der Waals surface area (Å²) in [5.41, 5.74) is 7.46. The zero-order valence-electron chi connectivity index (χ0n) is 12.3. The Kier molecular flexibility index (Phi) is 3.99. The first-order valence-corrected chi connectivity index (χ1v) is 6.60. The molecule has 0 atom stereocenters. The second-order valence-electron chi connectivity index (χ2n) is 5.62. The first kappa shape index (κ1) is 14.7. The number of hydrogen-bond acceptors (Lipinski definition) is 5. The summed E-state index contributed by atoms with van der Waals surface area (Å²) < 4.78 is 5.73. The van der Waals surface area contributed by atoms with Crippen molar-refractivity contribution in [3.8, 4) is 11.9 Å². The van der Waals surface area contributed by atoms with Gasteiger partial charge in [0.05, 0.1) is 17.3 Å². The van der Waals surface area contributed by atoms with Crippen molar-refractivity contribution in [2.24, 2.45) is 0 Å². The van der Waals surface area contributed by atoms with E-state index in [2.05, 4.69) is 16.4 Å². The maximum atomic E-state index is 8.78. The van der Waals surface area contributed by atoms with Gasteiger partial charge in [0.25, 0.3) is 0 Å². The zero-order chi connectivity index (χ0) is 15.5. The Morgan fingerprint density at radius 1 is 1.14 bits per heavy atom. The summed E-state index contributed by atoms with van der Waals surface area (Å²) in [6.45, 7) is 5.82. The quantitative estimate of drug-likeness (QED) is 0.900. The van der Waals surface area contributed by atoms with Crippen LogP contribution in [0.25, 0.3) is 0 Å². The fraction of sp³-hybridized carbons (Fsp3) is 0.250. The predicted molar refractivity (Wildman–Crippen MR) is 83.5 cm³/mol. The van der Waals surface area contributed by atoms with Crippen LogP contribution < -0.4 is 15.8 Å². The van der Waals surface area contributed by atoms with Gasteiger partial charge in [-0.15, -0.1) is 0 Å². The number of hydrogen-bond donors (Lipinski definition) is 2. The van der Waals surface area contributed by atoms with E-state index in [4.69, 9.17) is 15.7 Å². The van der Waals surface area contributed by atoms with E-state index < -0.39 is 0 Å². The Morgan fingerprint density at radius 3 is 2.38 bits per heavy atom. The number of ether oxygens (including phenoxy) is 1. The number of nitrogens with zero attached hydrogens (tertiary/aromatic N) is 2. The van der Waals surface area contributed by atoms with Gasteiger partial charge in [0.1, 0.15) is 11.4 Å². The van der Waals surface area contributed by atoms with Crippen LogP contribution in [0, 0.1) is 11.3 Å². The van der Waals surface area contributed by atoms with Crippen molar-refractivity contribution in [2.75, 3.05) is 11.1 Å². The highest BCUT2D eigenvalue weighted by Crippen LogP contribution is 2.26. The largest absolute Gasteiger partial charge is 0.470 e. The summed E-state index contributed by atoms with van der Waals surface area (Å²) in [4.78, 5) is 4.37. The molecule has 0 unspecified atom stereocenters. The highest BCUT2D eigenvalue weighted by molar-refractivity contribution is 5.61. The van der Waals surface area contributed by atoms with Gasteiger partial charge in [0.2, 0.25) is 5.88 Å². The van der Waals surface area contributed by atoms with Gasteiger partial charge in [-0.05, 0) is 57.2 Å². The number of nitrogens with two attached hydrogens (primary N) is 1. The molecule has 1 heterocycles. The molecule has 0 amide bonds. The van der Waals surface area contributed by atoms with Crippen molar-refractivity contribution in [1.82, 2.24) is 4.98 Å². The molecular formula is C16H18N4O. The molecule has 1 aromatic heterocycles. The third-order valence-corrected chi connectivity index (χ3v) is 2.58. The number of nitrogens with one attached hydrogen (secondary N) is 1. The number of pyridine rings is 1. The van der Waals surface area contributed by atoms with Crippen LogP contribution in [0.3, 0.4) is 0 Å².